The minimum atomic E-state index is -4.81. The molecular weight excluding hydrogens is 797 g/mol. The summed E-state index contributed by atoms with van der Waals surface area (Å²) in [4.78, 5) is 46.0. The van der Waals surface area contributed by atoms with Gasteiger partial charge >= 0.3 is 25.7 Å². The molecule has 0 amide bonds. The van der Waals surface area contributed by atoms with Crippen LogP contribution in [0.15, 0.2) is 134 Å². The van der Waals surface area contributed by atoms with Crippen LogP contribution in [0.4, 0.5) is 0 Å². The third kappa shape index (κ3) is 40.7. The number of aliphatic carboxylic acids is 1. The highest BCUT2D eigenvalue weighted by Crippen LogP contribution is 2.43. The molecule has 0 bridgehead atoms. The Morgan fingerprint density at radius 2 is 1.03 bits per heavy atom. The number of carboxylic acids is 1. The zero-order valence-corrected chi connectivity index (χ0v) is 37.2. The van der Waals surface area contributed by atoms with Crippen LogP contribution in [0.5, 0.6) is 0 Å². The minimum absolute atomic E-state index is 0.0257. The van der Waals surface area contributed by atoms with Crippen LogP contribution in [0.1, 0.15) is 110 Å². The topological polar surface area (TPSA) is 192 Å². The van der Waals surface area contributed by atoms with Gasteiger partial charge in [0.15, 0.2) is 6.10 Å². The Morgan fingerprint density at radius 3 is 1.51 bits per heavy atom. The Bertz CT molecular complexity index is 1550. The summed E-state index contributed by atoms with van der Waals surface area (Å²) >= 11 is 0. The van der Waals surface area contributed by atoms with Gasteiger partial charge in [0.2, 0.25) is 0 Å². The number of phosphoric ester groups is 1. The second-order valence-corrected chi connectivity index (χ2v) is 15.0. The molecule has 0 rings (SSSR count). The summed E-state index contributed by atoms with van der Waals surface area (Å²) in [5.41, 5.74) is 5.31. The summed E-state index contributed by atoms with van der Waals surface area (Å²) < 4.78 is 32.4. The van der Waals surface area contributed by atoms with Gasteiger partial charge in [-0.15, -0.1) is 0 Å². The van der Waals surface area contributed by atoms with Crippen molar-refractivity contribution in [3.8, 4) is 0 Å². The number of ether oxygens (including phenoxy) is 2. The maximum absolute atomic E-state index is 12.6. The van der Waals surface area contributed by atoms with E-state index >= 15 is 0 Å². The Kier molecular flexibility index (Phi) is 38.0. The number of carbonyl (C=O) groups is 3. The van der Waals surface area contributed by atoms with Crippen LogP contribution in [0, 0.1) is 0 Å². The number of hydrogen-bond donors (Lipinski definition) is 4. The van der Waals surface area contributed by atoms with E-state index in [1.54, 1.807) is 12.2 Å². The van der Waals surface area contributed by atoms with Gasteiger partial charge in [-0.1, -0.05) is 148 Å². The smallest absolute Gasteiger partial charge is 0.472 e. The highest BCUT2D eigenvalue weighted by molar-refractivity contribution is 7.47. The van der Waals surface area contributed by atoms with Gasteiger partial charge < -0.3 is 30.3 Å². The molecule has 0 saturated carbocycles. The summed E-state index contributed by atoms with van der Waals surface area (Å²) in [6.07, 6.45) is 52.9. The highest BCUT2D eigenvalue weighted by Gasteiger charge is 2.28. The van der Waals surface area contributed by atoms with Crippen molar-refractivity contribution in [2.75, 3.05) is 19.8 Å². The molecule has 5 N–H and O–H groups in total. The van der Waals surface area contributed by atoms with Crippen LogP contribution >= 0.6 is 7.82 Å². The molecular formula is C48H72NO11P. The molecule has 12 nitrogen and oxygen atoms in total. The third-order valence-electron chi connectivity index (χ3n) is 8.01. The van der Waals surface area contributed by atoms with Gasteiger partial charge in [-0.3, -0.25) is 23.4 Å². The van der Waals surface area contributed by atoms with E-state index in [-0.39, 0.29) is 19.3 Å². The molecule has 13 heteroatoms. The van der Waals surface area contributed by atoms with Crippen molar-refractivity contribution >= 4 is 25.7 Å². The number of unbranched alkanes of at least 4 members (excludes halogenated alkanes) is 1. The van der Waals surface area contributed by atoms with E-state index in [2.05, 4.69) is 110 Å². The molecule has 340 valence electrons. The second kappa shape index (κ2) is 41.0. The van der Waals surface area contributed by atoms with Crippen LogP contribution in [0.25, 0.3) is 0 Å². The van der Waals surface area contributed by atoms with E-state index in [0.29, 0.717) is 12.8 Å². The fraction of sp³-hybridized carbons (Fsp3) is 0.479. The van der Waals surface area contributed by atoms with Gasteiger partial charge in [0.1, 0.15) is 12.6 Å². The van der Waals surface area contributed by atoms with Crippen molar-refractivity contribution in [2.45, 2.75) is 128 Å². The van der Waals surface area contributed by atoms with E-state index in [0.717, 1.165) is 64.2 Å². The molecule has 0 radical (unpaired) electrons. The van der Waals surface area contributed by atoms with Gasteiger partial charge in [-0.25, -0.2) is 4.57 Å². The van der Waals surface area contributed by atoms with Crippen molar-refractivity contribution in [3.63, 3.8) is 0 Å². The Morgan fingerprint density at radius 1 is 0.590 bits per heavy atom. The lowest BCUT2D eigenvalue weighted by Crippen LogP contribution is -2.34. The molecule has 2 unspecified atom stereocenters. The summed E-state index contributed by atoms with van der Waals surface area (Å²) in [5.74, 6) is -2.79. The fourth-order valence-corrected chi connectivity index (χ4v) is 5.46. The van der Waals surface area contributed by atoms with E-state index in [1.807, 2.05) is 24.3 Å². The SMILES string of the molecule is CC/C=C\C/C=C\C/C=C\C/C=C\C/C=C\C=C/C(O)CCC(=O)O[C@H](COC(=O)CCC/C=C\C/C=C\C/C=C\C/C=C\C/C=C\CC)COP(=O)(O)OC[C@H](N)C(=O)O. The first-order valence-corrected chi connectivity index (χ1v) is 22.8. The number of carbonyl (C=O) groups excluding carboxylic acids is 2. The number of allylic oxidation sites excluding steroid dienone is 21. The lowest BCUT2D eigenvalue weighted by atomic mass is 10.2. The van der Waals surface area contributed by atoms with Crippen molar-refractivity contribution in [1.29, 1.82) is 0 Å². The summed E-state index contributed by atoms with van der Waals surface area (Å²) in [6.45, 7) is 2.24. The molecule has 0 aromatic rings. The standard InChI is InChI=1S/C48H72NO11P/c1-3-5-7-9-11-13-15-17-19-21-23-25-27-29-31-33-35-37-46(51)57-40-44(41-58-61(55,56)59-42-45(49)48(53)54)60-47(52)39-38-43(50)36-34-32-30-28-26-24-22-20-18-16-14-12-10-8-6-4-2/h5-8,11-14,17-20,23-26,29-32,34,36,43-45,50H,3-4,9-10,15-16,21-22,27-28,33,35,37-42,49H2,1-2H3,(H,53,54)(H,55,56)/b7-5-,8-6-,13-11-,14-12-,19-17-,20-18-,25-23-,26-24-,31-29-,32-30-,36-34-/t43?,44-,45+/m1/s1. The van der Waals surface area contributed by atoms with Crippen LogP contribution in [0.3, 0.4) is 0 Å². The summed E-state index contributed by atoms with van der Waals surface area (Å²) in [5, 5.41) is 19.2. The Balaban J connectivity index is 4.74. The fourth-order valence-electron chi connectivity index (χ4n) is 4.68. The zero-order valence-electron chi connectivity index (χ0n) is 36.3. The van der Waals surface area contributed by atoms with Gasteiger partial charge in [-0.2, -0.15) is 0 Å². The Labute approximate surface area is 365 Å². The van der Waals surface area contributed by atoms with Crippen molar-refractivity contribution in [3.05, 3.63) is 134 Å². The molecule has 0 aliphatic rings. The van der Waals surface area contributed by atoms with Gasteiger partial charge in [-0.05, 0) is 83.5 Å². The molecule has 61 heavy (non-hydrogen) atoms. The first-order valence-electron chi connectivity index (χ1n) is 21.3. The average molecular weight is 870 g/mol. The van der Waals surface area contributed by atoms with Gasteiger partial charge in [0.25, 0.3) is 0 Å². The normalized spacial score (nSPS) is 15.5. The summed E-state index contributed by atoms with van der Waals surface area (Å²) in [6, 6.07) is -1.57. The number of rotatable bonds is 37. The minimum Gasteiger partial charge on any atom is -0.480 e. The predicted molar refractivity (Wildman–Crippen MR) is 245 cm³/mol. The molecule has 0 aromatic carbocycles. The molecule has 0 fully saturated rings. The van der Waals surface area contributed by atoms with Crippen molar-refractivity contribution in [1.82, 2.24) is 0 Å². The van der Waals surface area contributed by atoms with Crippen LogP contribution < -0.4 is 5.73 Å². The first-order chi connectivity index (χ1) is 29.5. The number of esters is 2. The number of phosphoric acid groups is 1. The monoisotopic (exact) mass is 869 g/mol. The van der Waals surface area contributed by atoms with E-state index in [1.165, 1.54) is 6.08 Å². The number of aliphatic hydroxyl groups excluding tert-OH is 1. The largest absolute Gasteiger partial charge is 0.480 e. The highest BCUT2D eigenvalue weighted by atomic mass is 31.2. The van der Waals surface area contributed by atoms with Crippen molar-refractivity contribution < 1.29 is 52.6 Å². The van der Waals surface area contributed by atoms with Crippen molar-refractivity contribution in [2.24, 2.45) is 5.73 Å². The molecule has 0 aliphatic carbocycles. The number of carboxylic acid groups (broad SMARTS) is 1. The third-order valence-corrected chi connectivity index (χ3v) is 8.96. The molecule has 0 heterocycles. The number of aliphatic hydroxyl groups is 1. The molecule has 0 spiro atoms. The van der Waals surface area contributed by atoms with E-state index in [9.17, 15) is 28.9 Å². The molecule has 0 aliphatic heterocycles. The molecule has 0 saturated heterocycles. The lowest BCUT2D eigenvalue weighted by molar-refractivity contribution is -0.161. The zero-order chi connectivity index (χ0) is 45.1. The number of hydrogen-bond acceptors (Lipinski definition) is 10. The van der Waals surface area contributed by atoms with Crippen LogP contribution in [-0.2, 0) is 37.5 Å². The molecule has 0 aromatic heterocycles. The molecule has 4 atom stereocenters. The maximum atomic E-state index is 12.6. The van der Waals surface area contributed by atoms with Gasteiger partial charge in [0, 0.05) is 12.8 Å². The second-order valence-electron chi connectivity index (χ2n) is 13.6. The van der Waals surface area contributed by atoms with Crippen LogP contribution in [0.2, 0.25) is 0 Å². The quantitative estimate of drug-likeness (QED) is 0.0152. The summed E-state index contributed by atoms with van der Waals surface area (Å²) in [7, 11) is -4.81. The average Bonchev–Trinajstić information content (AvgIpc) is 3.23. The van der Waals surface area contributed by atoms with Crippen LogP contribution in [-0.4, -0.2) is 71.1 Å². The maximum Gasteiger partial charge on any atom is 0.472 e. The Hall–Kier alpha value is -4.42. The predicted octanol–water partition coefficient (Wildman–Crippen LogP) is 10.4. The first kappa shape index (κ1) is 56.6. The van der Waals surface area contributed by atoms with E-state index < -0.39 is 63.8 Å². The van der Waals surface area contributed by atoms with Gasteiger partial charge in [0.05, 0.1) is 19.3 Å². The number of nitrogens with two attached hydrogens (primary N) is 1. The lowest BCUT2D eigenvalue weighted by Gasteiger charge is -2.20. The van der Waals surface area contributed by atoms with E-state index in [4.69, 9.17) is 24.8 Å².